The largest absolute Gasteiger partial charge is 0.486 e. The molecule has 7 heteroatoms. The topological polar surface area (TPSA) is 56.6 Å². The third-order valence-electron chi connectivity index (χ3n) is 5.25. The Labute approximate surface area is 181 Å². The van der Waals surface area contributed by atoms with E-state index in [-0.39, 0.29) is 5.91 Å². The molecule has 156 valence electrons. The fraction of sp³-hybridized carbons (Fsp3) is 0.304. The fourth-order valence-electron chi connectivity index (χ4n) is 3.67. The smallest absolute Gasteiger partial charge is 0.257 e. The standard InChI is InChI=1S/C23H24ClN3O3/c1-15-22(16(2)27(25-15)14-18-6-4-5-7-19(18)24)23(28)26(3)13-17-8-9-20-21(12-17)30-11-10-29-20/h4-9,12H,10-11,13-14H2,1-3H3. The summed E-state index contributed by atoms with van der Waals surface area (Å²) < 4.78 is 13.0. The van der Waals surface area contributed by atoms with E-state index in [0.717, 1.165) is 28.3 Å². The van der Waals surface area contributed by atoms with Crippen molar-refractivity contribution in [3.63, 3.8) is 0 Å². The molecule has 4 rings (SSSR count). The summed E-state index contributed by atoms with van der Waals surface area (Å²) in [4.78, 5) is 14.9. The zero-order valence-corrected chi connectivity index (χ0v) is 18.1. The molecule has 2 heterocycles. The van der Waals surface area contributed by atoms with Gasteiger partial charge in [-0.2, -0.15) is 5.10 Å². The van der Waals surface area contributed by atoms with Crippen LogP contribution in [0.5, 0.6) is 11.5 Å². The molecule has 30 heavy (non-hydrogen) atoms. The van der Waals surface area contributed by atoms with Crippen LogP contribution in [-0.2, 0) is 13.1 Å². The van der Waals surface area contributed by atoms with E-state index >= 15 is 0 Å². The van der Waals surface area contributed by atoms with Crippen LogP contribution >= 0.6 is 11.6 Å². The lowest BCUT2D eigenvalue weighted by atomic mass is 10.1. The number of amides is 1. The summed E-state index contributed by atoms with van der Waals surface area (Å²) in [6.07, 6.45) is 0. The molecule has 0 N–H and O–H groups in total. The number of benzene rings is 2. The second-order valence-corrected chi connectivity index (χ2v) is 7.84. The molecule has 3 aromatic rings. The number of aryl methyl sites for hydroxylation is 1. The molecule has 0 radical (unpaired) electrons. The maximum atomic E-state index is 13.2. The van der Waals surface area contributed by atoms with Crippen molar-refractivity contribution in [2.45, 2.75) is 26.9 Å². The lowest BCUT2D eigenvalue weighted by Crippen LogP contribution is -2.27. The molecule has 1 aliphatic rings. The van der Waals surface area contributed by atoms with Crippen LogP contribution in [0.15, 0.2) is 42.5 Å². The number of nitrogens with zero attached hydrogens (tertiary/aromatic N) is 3. The molecule has 0 bridgehead atoms. The van der Waals surface area contributed by atoms with Crippen molar-refractivity contribution in [2.75, 3.05) is 20.3 Å². The summed E-state index contributed by atoms with van der Waals surface area (Å²) in [7, 11) is 1.80. The van der Waals surface area contributed by atoms with E-state index in [1.807, 2.05) is 61.0 Å². The Kier molecular flexibility index (Phi) is 5.68. The van der Waals surface area contributed by atoms with Gasteiger partial charge in [-0.1, -0.05) is 35.9 Å². The second kappa shape index (κ2) is 8.40. The van der Waals surface area contributed by atoms with Crippen molar-refractivity contribution in [3.8, 4) is 11.5 Å². The molecular weight excluding hydrogens is 402 g/mol. The molecule has 0 saturated carbocycles. The van der Waals surface area contributed by atoms with Gasteiger partial charge in [0.25, 0.3) is 5.91 Å². The monoisotopic (exact) mass is 425 g/mol. The summed E-state index contributed by atoms with van der Waals surface area (Å²) in [6.45, 7) is 5.86. The zero-order chi connectivity index (χ0) is 21.3. The third-order valence-corrected chi connectivity index (χ3v) is 5.62. The molecule has 6 nitrogen and oxygen atoms in total. The van der Waals surface area contributed by atoms with Crippen LogP contribution in [-0.4, -0.2) is 40.8 Å². The molecule has 2 aromatic carbocycles. The minimum absolute atomic E-state index is 0.0645. The lowest BCUT2D eigenvalue weighted by Gasteiger charge is -2.21. The summed E-state index contributed by atoms with van der Waals surface area (Å²) in [6, 6.07) is 13.4. The van der Waals surface area contributed by atoms with Crippen LogP contribution in [0.25, 0.3) is 0 Å². The molecule has 0 saturated heterocycles. The summed E-state index contributed by atoms with van der Waals surface area (Å²) >= 11 is 6.29. The second-order valence-electron chi connectivity index (χ2n) is 7.43. The minimum Gasteiger partial charge on any atom is -0.486 e. The summed E-state index contributed by atoms with van der Waals surface area (Å²) in [5.41, 5.74) is 4.11. The van der Waals surface area contributed by atoms with Crippen LogP contribution in [0.1, 0.15) is 32.9 Å². The van der Waals surface area contributed by atoms with Crippen molar-refractivity contribution in [2.24, 2.45) is 0 Å². The van der Waals surface area contributed by atoms with Crippen molar-refractivity contribution >= 4 is 17.5 Å². The van der Waals surface area contributed by atoms with Crippen LogP contribution in [0.2, 0.25) is 5.02 Å². The van der Waals surface area contributed by atoms with E-state index in [4.69, 9.17) is 21.1 Å². The number of hydrogen-bond donors (Lipinski definition) is 0. The zero-order valence-electron chi connectivity index (χ0n) is 17.3. The van der Waals surface area contributed by atoms with Crippen molar-refractivity contribution in [3.05, 3.63) is 75.6 Å². The number of aromatic nitrogens is 2. The number of carbonyl (C=O) groups excluding carboxylic acids is 1. The van der Waals surface area contributed by atoms with Gasteiger partial charge in [0.1, 0.15) is 13.2 Å². The number of carbonyl (C=O) groups is 1. The SMILES string of the molecule is Cc1nn(Cc2ccccc2Cl)c(C)c1C(=O)N(C)Cc1ccc2c(c1)OCCO2. The van der Waals surface area contributed by atoms with Gasteiger partial charge in [0.05, 0.1) is 17.8 Å². The molecule has 1 aliphatic heterocycles. The van der Waals surface area contributed by atoms with Gasteiger partial charge in [-0.15, -0.1) is 0 Å². The van der Waals surface area contributed by atoms with Gasteiger partial charge in [0, 0.05) is 24.3 Å². The molecule has 0 spiro atoms. The number of hydrogen-bond acceptors (Lipinski definition) is 4. The van der Waals surface area contributed by atoms with Gasteiger partial charge < -0.3 is 14.4 Å². The Balaban J connectivity index is 1.53. The Hall–Kier alpha value is -2.99. The summed E-state index contributed by atoms with van der Waals surface area (Å²) in [5, 5.41) is 5.28. The van der Waals surface area contributed by atoms with Crippen molar-refractivity contribution < 1.29 is 14.3 Å². The summed E-state index contributed by atoms with van der Waals surface area (Å²) in [5.74, 6) is 1.40. The van der Waals surface area contributed by atoms with E-state index < -0.39 is 0 Å². The number of fused-ring (bicyclic) bond motifs is 1. The quantitative estimate of drug-likeness (QED) is 0.613. The van der Waals surface area contributed by atoms with Gasteiger partial charge in [0.15, 0.2) is 11.5 Å². The first-order chi connectivity index (χ1) is 14.4. The molecule has 1 aromatic heterocycles. The lowest BCUT2D eigenvalue weighted by molar-refractivity contribution is 0.0783. The van der Waals surface area contributed by atoms with Gasteiger partial charge >= 0.3 is 0 Å². The van der Waals surface area contributed by atoms with Crippen molar-refractivity contribution in [1.82, 2.24) is 14.7 Å². The third kappa shape index (κ3) is 4.00. The van der Waals surface area contributed by atoms with E-state index in [2.05, 4.69) is 5.10 Å². The maximum absolute atomic E-state index is 13.2. The number of halogens is 1. The predicted molar refractivity (Wildman–Crippen MR) is 115 cm³/mol. The van der Waals surface area contributed by atoms with Gasteiger partial charge in [-0.3, -0.25) is 9.48 Å². The molecule has 0 fully saturated rings. The molecule has 0 unspecified atom stereocenters. The number of rotatable bonds is 5. The highest BCUT2D eigenvalue weighted by Crippen LogP contribution is 2.31. The van der Waals surface area contributed by atoms with E-state index in [9.17, 15) is 4.79 Å². The minimum atomic E-state index is -0.0645. The highest BCUT2D eigenvalue weighted by molar-refractivity contribution is 6.31. The predicted octanol–water partition coefficient (Wildman–Crippen LogP) is 4.25. The Morgan fingerprint density at radius 1 is 1.13 bits per heavy atom. The first-order valence-corrected chi connectivity index (χ1v) is 10.2. The normalized spacial score (nSPS) is 12.7. The van der Waals surface area contributed by atoms with Gasteiger partial charge in [0.2, 0.25) is 0 Å². The Morgan fingerprint density at radius 3 is 2.63 bits per heavy atom. The first-order valence-electron chi connectivity index (χ1n) is 9.85. The number of ether oxygens (including phenoxy) is 2. The first kappa shape index (κ1) is 20.3. The molecule has 0 atom stereocenters. The average Bonchev–Trinajstić information content (AvgIpc) is 3.02. The van der Waals surface area contributed by atoms with Gasteiger partial charge in [-0.25, -0.2) is 0 Å². The van der Waals surface area contributed by atoms with E-state index in [1.165, 1.54) is 0 Å². The fourth-order valence-corrected chi connectivity index (χ4v) is 3.87. The average molecular weight is 426 g/mol. The molecule has 0 aliphatic carbocycles. The van der Waals surface area contributed by atoms with E-state index in [0.29, 0.717) is 42.6 Å². The highest BCUT2D eigenvalue weighted by Gasteiger charge is 2.23. The van der Waals surface area contributed by atoms with Gasteiger partial charge in [-0.05, 0) is 43.2 Å². The molecular formula is C23H24ClN3O3. The van der Waals surface area contributed by atoms with Crippen molar-refractivity contribution in [1.29, 1.82) is 0 Å². The van der Waals surface area contributed by atoms with E-state index in [1.54, 1.807) is 11.9 Å². The van der Waals surface area contributed by atoms with Crippen LogP contribution in [0, 0.1) is 13.8 Å². The highest BCUT2D eigenvalue weighted by atomic mass is 35.5. The maximum Gasteiger partial charge on any atom is 0.257 e. The Bertz CT molecular complexity index is 1090. The van der Waals surface area contributed by atoms with Crippen LogP contribution in [0.3, 0.4) is 0 Å². The molecule has 1 amide bonds. The van der Waals surface area contributed by atoms with Crippen LogP contribution in [0.4, 0.5) is 0 Å². The van der Waals surface area contributed by atoms with Crippen LogP contribution < -0.4 is 9.47 Å². The Morgan fingerprint density at radius 2 is 1.87 bits per heavy atom.